The van der Waals surface area contributed by atoms with E-state index in [0.29, 0.717) is 10.6 Å². The molecule has 1 aliphatic rings. The molecule has 20 heavy (non-hydrogen) atoms. The highest BCUT2D eigenvalue weighted by Crippen LogP contribution is 2.25. The van der Waals surface area contributed by atoms with Crippen LogP contribution in [0.3, 0.4) is 0 Å². The lowest BCUT2D eigenvalue weighted by Gasteiger charge is -2.23. The van der Waals surface area contributed by atoms with E-state index in [1.54, 1.807) is 18.2 Å². The number of aliphatic hydroxyl groups is 1. The van der Waals surface area contributed by atoms with Crippen LogP contribution >= 0.6 is 34.2 Å². The Labute approximate surface area is 135 Å². The van der Waals surface area contributed by atoms with E-state index in [9.17, 15) is 14.7 Å². The molecule has 1 heterocycles. The van der Waals surface area contributed by atoms with Crippen molar-refractivity contribution in [2.75, 3.05) is 13.7 Å². The lowest BCUT2D eigenvalue weighted by Crippen LogP contribution is -2.41. The second-order valence-corrected chi connectivity index (χ2v) is 6.11. The van der Waals surface area contributed by atoms with Crippen molar-refractivity contribution in [2.45, 2.75) is 18.6 Å². The van der Waals surface area contributed by atoms with Crippen LogP contribution < -0.4 is 0 Å². The number of amides is 1. The smallest absolute Gasteiger partial charge is 0.328 e. The van der Waals surface area contributed by atoms with Crippen LogP contribution in [0, 0.1) is 3.57 Å². The first-order valence-corrected chi connectivity index (χ1v) is 7.41. The molecule has 7 heteroatoms. The van der Waals surface area contributed by atoms with E-state index in [0.717, 1.165) is 3.57 Å². The highest BCUT2D eigenvalue weighted by Gasteiger charge is 2.40. The normalized spacial score (nSPS) is 21.9. The van der Waals surface area contributed by atoms with E-state index in [-0.39, 0.29) is 18.9 Å². The van der Waals surface area contributed by atoms with Crippen molar-refractivity contribution in [3.63, 3.8) is 0 Å². The van der Waals surface area contributed by atoms with Crippen molar-refractivity contribution in [3.05, 3.63) is 32.4 Å². The van der Waals surface area contributed by atoms with Gasteiger partial charge in [0.1, 0.15) is 6.04 Å². The van der Waals surface area contributed by atoms with Gasteiger partial charge in [-0.05, 0) is 40.8 Å². The third kappa shape index (κ3) is 3.07. The maximum atomic E-state index is 12.5. The van der Waals surface area contributed by atoms with E-state index in [1.807, 2.05) is 22.6 Å². The molecule has 108 valence electrons. The molecule has 1 N–H and O–H groups in total. The lowest BCUT2D eigenvalue weighted by atomic mass is 10.1. The summed E-state index contributed by atoms with van der Waals surface area (Å²) in [5.74, 6) is -0.851. The number of hydrogen-bond donors (Lipinski definition) is 1. The van der Waals surface area contributed by atoms with Gasteiger partial charge in [-0.3, -0.25) is 4.79 Å². The number of benzene rings is 1. The number of hydrogen-bond acceptors (Lipinski definition) is 4. The highest BCUT2D eigenvalue weighted by atomic mass is 127. The van der Waals surface area contributed by atoms with Crippen molar-refractivity contribution in [3.8, 4) is 0 Å². The number of carbonyl (C=O) groups excluding carboxylic acids is 2. The van der Waals surface area contributed by atoms with E-state index in [2.05, 4.69) is 4.74 Å². The molecule has 5 nitrogen and oxygen atoms in total. The number of halogens is 2. The molecule has 0 aromatic heterocycles. The van der Waals surface area contributed by atoms with Gasteiger partial charge < -0.3 is 14.7 Å². The predicted molar refractivity (Wildman–Crippen MR) is 81.6 cm³/mol. The van der Waals surface area contributed by atoms with Crippen molar-refractivity contribution in [1.29, 1.82) is 0 Å². The molecule has 0 spiro atoms. The zero-order valence-electron chi connectivity index (χ0n) is 10.7. The van der Waals surface area contributed by atoms with Crippen LogP contribution in [0.2, 0.25) is 5.02 Å². The van der Waals surface area contributed by atoms with E-state index in [1.165, 1.54) is 12.0 Å². The number of carbonyl (C=O) groups is 2. The van der Waals surface area contributed by atoms with Crippen LogP contribution in [-0.4, -0.2) is 47.7 Å². The molecule has 2 atom stereocenters. The average molecular weight is 410 g/mol. The van der Waals surface area contributed by atoms with Crippen LogP contribution in [0.4, 0.5) is 0 Å². The predicted octanol–water partition coefficient (Wildman–Crippen LogP) is 1.69. The Balaban J connectivity index is 2.31. The summed E-state index contributed by atoms with van der Waals surface area (Å²) in [7, 11) is 1.26. The molecule has 0 radical (unpaired) electrons. The summed E-state index contributed by atoms with van der Waals surface area (Å²) in [5.41, 5.74) is 0.418. The summed E-state index contributed by atoms with van der Waals surface area (Å²) in [6, 6.07) is 4.23. The summed E-state index contributed by atoms with van der Waals surface area (Å²) in [6.45, 7) is 0.112. The maximum Gasteiger partial charge on any atom is 0.328 e. The Morgan fingerprint density at radius 1 is 1.50 bits per heavy atom. The Kier molecular flexibility index (Phi) is 4.87. The molecular formula is C13H13ClINO4. The summed E-state index contributed by atoms with van der Waals surface area (Å²) in [5, 5.41) is 10.2. The first-order valence-electron chi connectivity index (χ1n) is 5.96. The Hall–Kier alpha value is -0.860. The molecule has 2 rings (SSSR count). The molecule has 1 aliphatic heterocycles. The SMILES string of the molecule is COC(=O)C1CC(O)CN1C(=O)c1cc(Cl)ccc1I. The summed E-state index contributed by atoms with van der Waals surface area (Å²) < 4.78 is 5.42. The Morgan fingerprint density at radius 2 is 2.20 bits per heavy atom. The summed E-state index contributed by atoms with van der Waals surface area (Å²) in [4.78, 5) is 25.6. The summed E-state index contributed by atoms with van der Waals surface area (Å²) in [6.07, 6.45) is -0.532. The van der Waals surface area contributed by atoms with Crippen LogP contribution in [0.15, 0.2) is 18.2 Å². The van der Waals surface area contributed by atoms with E-state index >= 15 is 0 Å². The topological polar surface area (TPSA) is 66.8 Å². The zero-order chi connectivity index (χ0) is 14.9. The number of aliphatic hydroxyl groups excluding tert-OH is 1. The van der Waals surface area contributed by atoms with Gasteiger partial charge in [0.15, 0.2) is 0 Å². The van der Waals surface area contributed by atoms with E-state index < -0.39 is 18.1 Å². The molecule has 2 unspecified atom stereocenters. The number of methoxy groups -OCH3 is 1. The van der Waals surface area contributed by atoms with Gasteiger partial charge in [0, 0.05) is 21.6 Å². The molecule has 1 aromatic carbocycles. The summed E-state index contributed by atoms with van der Waals surface area (Å²) >= 11 is 7.94. The first kappa shape index (κ1) is 15.5. The quantitative estimate of drug-likeness (QED) is 0.596. The molecule has 1 saturated heterocycles. The average Bonchev–Trinajstić information content (AvgIpc) is 2.82. The monoisotopic (exact) mass is 409 g/mol. The van der Waals surface area contributed by atoms with Gasteiger partial charge in [0.2, 0.25) is 0 Å². The number of nitrogens with zero attached hydrogens (tertiary/aromatic N) is 1. The highest BCUT2D eigenvalue weighted by molar-refractivity contribution is 14.1. The minimum Gasteiger partial charge on any atom is -0.467 e. The molecule has 1 amide bonds. The first-order chi connectivity index (χ1) is 9.43. The van der Waals surface area contributed by atoms with Gasteiger partial charge in [-0.15, -0.1) is 0 Å². The van der Waals surface area contributed by atoms with Crippen molar-refractivity contribution < 1.29 is 19.4 Å². The number of esters is 1. The third-order valence-electron chi connectivity index (χ3n) is 3.17. The van der Waals surface area contributed by atoms with Gasteiger partial charge in [0.05, 0.1) is 18.8 Å². The number of likely N-dealkylation sites (tertiary alicyclic amines) is 1. The standard InChI is InChI=1S/C13H13ClINO4/c1-20-13(19)11-5-8(17)6-16(11)12(18)9-4-7(14)2-3-10(9)15/h2-4,8,11,17H,5-6H2,1H3. The minimum atomic E-state index is -0.753. The van der Waals surface area contributed by atoms with Crippen molar-refractivity contribution in [2.24, 2.45) is 0 Å². The minimum absolute atomic E-state index is 0.112. The Bertz CT molecular complexity index is 551. The number of β-amino-alcohol motifs (C(OH)–C–C–N with tert-alkyl or cyclic N) is 1. The van der Waals surface area contributed by atoms with Crippen molar-refractivity contribution >= 4 is 46.1 Å². The molecule has 0 saturated carbocycles. The molecule has 1 aromatic rings. The Morgan fingerprint density at radius 3 is 2.85 bits per heavy atom. The number of ether oxygens (including phenoxy) is 1. The molecule has 0 bridgehead atoms. The fraction of sp³-hybridized carbons (Fsp3) is 0.385. The zero-order valence-corrected chi connectivity index (χ0v) is 13.6. The molecule has 1 fully saturated rings. The van der Waals surface area contributed by atoms with Crippen LogP contribution in [0.25, 0.3) is 0 Å². The molecule has 0 aliphatic carbocycles. The van der Waals surface area contributed by atoms with Gasteiger partial charge in [-0.25, -0.2) is 4.79 Å². The van der Waals surface area contributed by atoms with E-state index in [4.69, 9.17) is 11.6 Å². The lowest BCUT2D eigenvalue weighted by molar-refractivity contribution is -0.145. The fourth-order valence-electron chi connectivity index (χ4n) is 2.21. The van der Waals surface area contributed by atoms with Gasteiger partial charge in [-0.1, -0.05) is 11.6 Å². The fourth-order valence-corrected chi connectivity index (χ4v) is 2.95. The second kappa shape index (κ2) is 6.28. The maximum absolute atomic E-state index is 12.5. The van der Waals surface area contributed by atoms with Gasteiger partial charge in [0.25, 0.3) is 5.91 Å². The number of rotatable bonds is 2. The van der Waals surface area contributed by atoms with Crippen LogP contribution in [0.1, 0.15) is 16.8 Å². The van der Waals surface area contributed by atoms with Gasteiger partial charge in [-0.2, -0.15) is 0 Å². The van der Waals surface area contributed by atoms with Crippen LogP contribution in [-0.2, 0) is 9.53 Å². The molecular weight excluding hydrogens is 397 g/mol. The van der Waals surface area contributed by atoms with Crippen LogP contribution in [0.5, 0.6) is 0 Å². The van der Waals surface area contributed by atoms with Gasteiger partial charge >= 0.3 is 5.97 Å². The largest absolute Gasteiger partial charge is 0.467 e. The van der Waals surface area contributed by atoms with Crippen molar-refractivity contribution in [1.82, 2.24) is 4.90 Å². The third-order valence-corrected chi connectivity index (χ3v) is 4.35. The second-order valence-electron chi connectivity index (χ2n) is 4.51.